The fourth-order valence-corrected chi connectivity index (χ4v) is 10.1. The van der Waals surface area contributed by atoms with Crippen molar-refractivity contribution in [1.29, 1.82) is 0 Å². The third-order valence-electron chi connectivity index (χ3n) is 13.0. The van der Waals surface area contributed by atoms with E-state index < -0.39 is 17.5 Å². The number of pyridine rings is 1. The average molecular weight is 839 g/mol. The molecule has 0 radical (unpaired) electrons. The summed E-state index contributed by atoms with van der Waals surface area (Å²) in [4.78, 5) is 56.4. The van der Waals surface area contributed by atoms with Crippen LogP contribution in [0.1, 0.15) is 89.1 Å². The van der Waals surface area contributed by atoms with E-state index in [9.17, 15) is 14.4 Å². The Balaban J connectivity index is 1.26. The highest BCUT2D eigenvalue weighted by atomic mass is 32.1. The molecule has 60 heavy (non-hydrogen) atoms. The molecule has 4 aromatic rings. The van der Waals surface area contributed by atoms with Gasteiger partial charge in [-0.2, -0.15) is 0 Å². The van der Waals surface area contributed by atoms with E-state index in [0.29, 0.717) is 31.7 Å². The molecule has 5 atom stereocenters. The molecule has 1 aliphatic carbocycles. The van der Waals surface area contributed by atoms with E-state index in [1.807, 2.05) is 11.6 Å². The second-order valence-corrected chi connectivity index (χ2v) is 19.2. The average Bonchev–Trinajstić information content (AvgIpc) is 3.66. The number of nitrogens with one attached hydrogen (secondary N) is 2. The van der Waals surface area contributed by atoms with Gasteiger partial charge in [-0.15, -0.1) is 11.3 Å². The maximum Gasteiger partial charge on any atom is 0.324 e. The molecule has 0 spiro atoms. The van der Waals surface area contributed by atoms with Gasteiger partial charge >= 0.3 is 5.97 Å². The minimum atomic E-state index is -0.826. The zero-order valence-corrected chi connectivity index (χ0v) is 37.2. The number of cyclic esters (lactones) is 1. The van der Waals surface area contributed by atoms with Crippen molar-refractivity contribution >= 4 is 45.7 Å². The van der Waals surface area contributed by atoms with E-state index in [2.05, 4.69) is 91.0 Å². The fraction of sp³-hybridized carbons (Fsp3) is 0.587. The number of anilines is 1. The number of rotatable bonds is 7. The molecule has 1 aromatic carbocycles. The van der Waals surface area contributed by atoms with Crippen LogP contribution in [-0.4, -0.2) is 108 Å². The lowest BCUT2D eigenvalue weighted by Crippen LogP contribution is -2.60. The SMILES string of the molecule is CCn1c(-c2cc(N3CCCN(C)CCC3)cnc2[C@H](C)OC)c2c3cc(ccc31)-c1csc(n1)C[C@H](NC(=O)[C@H]1C[C@@H]1C)C(=O)N1CCC[C@H](N1)C(=O)OCC(C)(C)C2. The highest BCUT2D eigenvalue weighted by molar-refractivity contribution is 7.10. The van der Waals surface area contributed by atoms with Gasteiger partial charge in [0.2, 0.25) is 5.91 Å². The number of hydrazine groups is 1. The summed E-state index contributed by atoms with van der Waals surface area (Å²) < 4.78 is 14.6. The number of benzene rings is 1. The number of carbonyl (C=O) groups excluding carboxylic acids is 3. The van der Waals surface area contributed by atoms with Gasteiger partial charge in [0.05, 0.1) is 46.7 Å². The van der Waals surface area contributed by atoms with E-state index >= 15 is 0 Å². The first-order valence-corrected chi connectivity index (χ1v) is 22.8. The molecule has 14 heteroatoms. The molecule has 6 bridgehead atoms. The summed E-state index contributed by atoms with van der Waals surface area (Å²) in [6.45, 7) is 16.0. The Kier molecular flexibility index (Phi) is 12.4. The zero-order chi connectivity index (χ0) is 42.3. The topological polar surface area (TPSA) is 134 Å². The van der Waals surface area contributed by atoms with Gasteiger partial charge in [-0.05, 0) is 102 Å². The first-order valence-electron chi connectivity index (χ1n) is 21.9. The Labute approximate surface area is 358 Å². The zero-order valence-electron chi connectivity index (χ0n) is 36.4. The van der Waals surface area contributed by atoms with Gasteiger partial charge in [-0.3, -0.25) is 24.4 Å². The Morgan fingerprint density at radius 1 is 1.12 bits per heavy atom. The van der Waals surface area contributed by atoms with Crippen LogP contribution in [-0.2, 0) is 43.2 Å². The van der Waals surface area contributed by atoms with E-state index in [0.717, 1.165) is 107 Å². The lowest BCUT2D eigenvalue weighted by atomic mass is 9.84. The predicted molar refractivity (Wildman–Crippen MR) is 236 cm³/mol. The molecule has 2 N–H and O–H groups in total. The van der Waals surface area contributed by atoms with Gasteiger partial charge in [-0.25, -0.2) is 10.4 Å². The van der Waals surface area contributed by atoms with Crippen LogP contribution >= 0.6 is 11.3 Å². The van der Waals surface area contributed by atoms with Crippen LogP contribution < -0.4 is 15.6 Å². The number of fused-ring (bicyclic) bond motifs is 6. The summed E-state index contributed by atoms with van der Waals surface area (Å²) in [5.41, 5.74) is 10.9. The number of aromatic nitrogens is 3. The molecule has 4 aliphatic rings. The number of esters is 1. The van der Waals surface area contributed by atoms with Gasteiger partial charge in [0, 0.05) is 78.5 Å². The van der Waals surface area contributed by atoms with Gasteiger partial charge in [-0.1, -0.05) is 26.8 Å². The molecule has 1 saturated carbocycles. The minimum Gasteiger partial charge on any atom is -0.464 e. The largest absolute Gasteiger partial charge is 0.464 e. The maximum atomic E-state index is 14.1. The molecule has 3 aromatic heterocycles. The van der Waals surface area contributed by atoms with Crippen molar-refractivity contribution in [3.05, 3.63) is 52.1 Å². The number of amides is 2. The second kappa shape index (κ2) is 17.5. The first-order chi connectivity index (χ1) is 28.8. The monoisotopic (exact) mass is 838 g/mol. The van der Waals surface area contributed by atoms with Gasteiger partial charge < -0.3 is 29.2 Å². The molecule has 13 nitrogen and oxygen atoms in total. The lowest BCUT2D eigenvalue weighted by molar-refractivity contribution is -0.155. The van der Waals surface area contributed by atoms with Crippen molar-refractivity contribution < 1.29 is 23.9 Å². The molecule has 6 heterocycles. The van der Waals surface area contributed by atoms with Crippen molar-refractivity contribution in [3.8, 4) is 22.5 Å². The number of aryl methyl sites for hydroxylation is 1. The van der Waals surface area contributed by atoms with Crippen molar-refractivity contribution in [2.24, 2.45) is 17.3 Å². The van der Waals surface area contributed by atoms with E-state index in [4.69, 9.17) is 19.4 Å². The normalized spacial score (nSPS) is 24.6. The van der Waals surface area contributed by atoms with Crippen LogP contribution in [0.5, 0.6) is 0 Å². The van der Waals surface area contributed by atoms with E-state index in [-0.39, 0.29) is 42.8 Å². The van der Waals surface area contributed by atoms with E-state index in [1.54, 1.807) is 7.11 Å². The Morgan fingerprint density at radius 3 is 2.60 bits per heavy atom. The number of methoxy groups -OCH3 is 1. The first kappa shape index (κ1) is 42.3. The summed E-state index contributed by atoms with van der Waals surface area (Å²) in [6.07, 6.45) is 6.79. The van der Waals surface area contributed by atoms with Crippen LogP contribution in [0, 0.1) is 17.3 Å². The number of hydrogen-bond donors (Lipinski definition) is 2. The Morgan fingerprint density at radius 2 is 1.88 bits per heavy atom. The predicted octanol–water partition coefficient (Wildman–Crippen LogP) is 6.39. The summed E-state index contributed by atoms with van der Waals surface area (Å²) in [5, 5.41) is 8.48. The number of ether oxygens (including phenoxy) is 2. The summed E-state index contributed by atoms with van der Waals surface area (Å²) in [6, 6.07) is 7.39. The van der Waals surface area contributed by atoms with Gasteiger partial charge in [0.15, 0.2) is 0 Å². The quantitative estimate of drug-likeness (QED) is 0.202. The smallest absolute Gasteiger partial charge is 0.324 e. The Hall–Kier alpha value is -4.37. The molecule has 2 amide bonds. The highest BCUT2D eigenvalue weighted by Crippen LogP contribution is 2.43. The van der Waals surface area contributed by atoms with E-state index in [1.165, 1.54) is 16.3 Å². The van der Waals surface area contributed by atoms with Crippen molar-refractivity contribution in [2.45, 2.75) is 104 Å². The van der Waals surface area contributed by atoms with Gasteiger partial charge in [0.25, 0.3) is 5.91 Å². The third kappa shape index (κ3) is 8.84. The third-order valence-corrected chi connectivity index (χ3v) is 13.8. The molecule has 0 unspecified atom stereocenters. The number of hydrogen-bond acceptors (Lipinski definition) is 11. The maximum absolute atomic E-state index is 14.1. The van der Waals surface area contributed by atoms with Crippen molar-refractivity contribution in [2.75, 3.05) is 58.4 Å². The molecule has 322 valence electrons. The van der Waals surface area contributed by atoms with Crippen molar-refractivity contribution in [1.82, 2.24) is 35.2 Å². The summed E-state index contributed by atoms with van der Waals surface area (Å²) in [5.74, 6) is -0.557. The standard InChI is InChI=1S/C46H62N8O5S/c1-8-53-39-14-13-30-21-33(39)35(42(53)34-22-31(25-47-41(34)29(3)58-7)52-17-10-15-51(6)16-11-18-52)24-46(4,5)27-59-45(57)36-12-9-19-54(50-36)44(56)37(23-40-48-38(30)26-60-40)49-43(55)32-20-28(32)2/h13-14,21-22,25-26,28-29,32,36-37,50H,8-12,15-20,23-24,27H2,1-7H3,(H,49,55)/t28-,29-,32-,36-,37-/m0/s1. The summed E-state index contributed by atoms with van der Waals surface area (Å²) >= 11 is 1.50. The number of nitrogens with zero attached hydrogens (tertiary/aromatic N) is 6. The van der Waals surface area contributed by atoms with Crippen LogP contribution in [0.3, 0.4) is 0 Å². The molecule has 8 rings (SSSR count). The lowest BCUT2D eigenvalue weighted by Gasteiger charge is -2.35. The van der Waals surface area contributed by atoms with Gasteiger partial charge in [0.1, 0.15) is 12.1 Å². The molecule has 3 fully saturated rings. The Bertz CT molecular complexity index is 2220. The molecular formula is C46H62N8O5S. The summed E-state index contributed by atoms with van der Waals surface area (Å²) in [7, 11) is 3.94. The fourth-order valence-electron chi connectivity index (χ4n) is 9.28. The second-order valence-electron chi connectivity index (χ2n) is 18.3. The minimum absolute atomic E-state index is 0.0902. The van der Waals surface area contributed by atoms with Crippen molar-refractivity contribution in [3.63, 3.8) is 0 Å². The number of thiazole rings is 1. The molecule has 3 aliphatic heterocycles. The molecular weight excluding hydrogens is 777 g/mol. The number of carbonyl (C=O) groups is 3. The van der Waals surface area contributed by atoms with Crippen LogP contribution in [0.4, 0.5) is 5.69 Å². The van der Waals surface area contributed by atoms with Crippen LogP contribution in [0.2, 0.25) is 0 Å². The van der Waals surface area contributed by atoms with Crippen LogP contribution in [0.15, 0.2) is 35.8 Å². The molecule has 2 saturated heterocycles. The highest BCUT2D eigenvalue weighted by Gasteiger charge is 2.42. The van der Waals surface area contributed by atoms with Crippen LogP contribution in [0.25, 0.3) is 33.4 Å².